The Morgan fingerprint density at radius 2 is 1.91 bits per heavy atom. The molecule has 1 aromatic heterocycles. The maximum atomic E-state index is 13.7. The lowest BCUT2D eigenvalue weighted by Gasteiger charge is -2.38. The van der Waals surface area contributed by atoms with E-state index in [9.17, 15) is 9.59 Å². The summed E-state index contributed by atoms with van der Waals surface area (Å²) in [6.07, 6.45) is 0. The van der Waals surface area contributed by atoms with Gasteiger partial charge in [-0.1, -0.05) is 61.0 Å². The van der Waals surface area contributed by atoms with Crippen LogP contribution >= 0.6 is 11.6 Å². The number of aromatic amines is 1. The highest BCUT2D eigenvalue weighted by Crippen LogP contribution is 2.39. The number of aromatic nitrogens is 2. The summed E-state index contributed by atoms with van der Waals surface area (Å²) in [7, 11) is 0. The average Bonchev–Trinajstić information content (AvgIpc) is 2.87. The number of anilines is 1. The van der Waals surface area contributed by atoms with Gasteiger partial charge in [-0.15, -0.1) is 0 Å². The second-order valence-electron chi connectivity index (χ2n) is 8.45. The number of rotatable bonds is 6. The number of amides is 1. The summed E-state index contributed by atoms with van der Waals surface area (Å²) >= 11 is 6.09. The Morgan fingerprint density at radius 1 is 1.14 bits per heavy atom. The predicted molar refractivity (Wildman–Crippen MR) is 137 cm³/mol. The number of benzene rings is 3. The van der Waals surface area contributed by atoms with E-state index in [-0.39, 0.29) is 24.1 Å². The van der Waals surface area contributed by atoms with E-state index in [1.165, 1.54) is 0 Å². The van der Waals surface area contributed by atoms with E-state index in [0.717, 1.165) is 11.3 Å². The molecule has 1 N–H and O–H groups in total. The van der Waals surface area contributed by atoms with Gasteiger partial charge >= 0.3 is 0 Å². The van der Waals surface area contributed by atoms with Crippen LogP contribution in [-0.4, -0.2) is 40.5 Å². The summed E-state index contributed by atoms with van der Waals surface area (Å²) in [5.41, 5.74) is 2.07. The molecule has 0 fully saturated rings. The number of H-pyrrole nitrogens is 1. The summed E-state index contributed by atoms with van der Waals surface area (Å²) in [6, 6.07) is 22.3. The number of carbonyl (C=O) groups excluding carboxylic acids is 1. The Balaban J connectivity index is 1.42. The van der Waals surface area contributed by atoms with Gasteiger partial charge < -0.3 is 9.72 Å². The largest absolute Gasteiger partial charge is 0.489 e. The molecule has 1 aliphatic rings. The molecule has 178 valence electrons. The zero-order chi connectivity index (χ0) is 24.4. The molecule has 0 saturated carbocycles. The van der Waals surface area contributed by atoms with Crippen LogP contribution in [0.5, 0.6) is 5.75 Å². The number of hydrogen-bond acceptors (Lipinski definition) is 5. The van der Waals surface area contributed by atoms with Gasteiger partial charge in [-0.2, -0.15) is 0 Å². The predicted octanol–water partition coefficient (Wildman–Crippen LogP) is 4.57. The number of likely N-dealkylation sites (N-methyl/N-ethyl adjacent to an activating group) is 1. The van der Waals surface area contributed by atoms with E-state index >= 15 is 0 Å². The molecule has 0 radical (unpaired) electrons. The minimum Gasteiger partial charge on any atom is -0.489 e. The van der Waals surface area contributed by atoms with E-state index in [1.807, 2.05) is 71.3 Å². The van der Waals surface area contributed by atoms with Crippen LogP contribution in [0.2, 0.25) is 5.02 Å². The number of ether oxygens (including phenoxy) is 1. The molecule has 35 heavy (non-hydrogen) atoms. The molecule has 5 rings (SSSR count). The number of hydrogen-bond donors (Lipinski definition) is 1. The van der Waals surface area contributed by atoms with Crippen molar-refractivity contribution in [1.82, 2.24) is 14.9 Å². The number of para-hydroxylation sites is 2. The first kappa shape index (κ1) is 23.1. The fourth-order valence-electron chi connectivity index (χ4n) is 4.41. The molecule has 0 spiro atoms. The van der Waals surface area contributed by atoms with E-state index in [1.54, 1.807) is 18.2 Å². The van der Waals surface area contributed by atoms with Crippen LogP contribution in [0.3, 0.4) is 0 Å². The third-order valence-corrected chi connectivity index (χ3v) is 6.42. The van der Waals surface area contributed by atoms with Crippen molar-refractivity contribution in [3.63, 3.8) is 0 Å². The first-order chi connectivity index (χ1) is 17.0. The van der Waals surface area contributed by atoms with Crippen molar-refractivity contribution >= 4 is 34.1 Å². The highest BCUT2D eigenvalue weighted by atomic mass is 35.5. The molecular formula is C27H25ClN4O3. The summed E-state index contributed by atoms with van der Waals surface area (Å²) in [6.45, 7) is 3.43. The first-order valence-electron chi connectivity index (χ1n) is 11.5. The quantitative estimate of drug-likeness (QED) is 0.430. The van der Waals surface area contributed by atoms with Gasteiger partial charge in [0.05, 0.1) is 35.7 Å². The molecule has 0 saturated heterocycles. The zero-order valence-electron chi connectivity index (χ0n) is 19.3. The van der Waals surface area contributed by atoms with Crippen LogP contribution in [-0.2, 0) is 11.3 Å². The van der Waals surface area contributed by atoms with Gasteiger partial charge in [0.25, 0.3) is 5.56 Å². The summed E-state index contributed by atoms with van der Waals surface area (Å²) in [4.78, 5) is 37.5. The Bertz CT molecular complexity index is 1420. The van der Waals surface area contributed by atoms with E-state index in [0.29, 0.717) is 47.2 Å². The number of nitrogens with zero attached hydrogens (tertiary/aromatic N) is 3. The molecule has 8 heteroatoms. The second kappa shape index (κ2) is 9.90. The van der Waals surface area contributed by atoms with Gasteiger partial charge in [-0.3, -0.25) is 19.4 Å². The zero-order valence-corrected chi connectivity index (χ0v) is 20.0. The third kappa shape index (κ3) is 4.78. The second-order valence-corrected chi connectivity index (χ2v) is 8.88. The minimum atomic E-state index is -0.238. The molecule has 3 aromatic carbocycles. The summed E-state index contributed by atoms with van der Waals surface area (Å²) in [5.74, 6) is 1.12. The maximum Gasteiger partial charge on any atom is 0.258 e. The van der Waals surface area contributed by atoms with Gasteiger partial charge in [0.2, 0.25) is 5.91 Å². The van der Waals surface area contributed by atoms with Crippen molar-refractivity contribution in [2.24, 2.45) is 0 Å². The van der Waals surface area contributed by atoms with Gasteiger partial charge in [0, 0.05) is 5.02 Å². The van der Waals surface area contributed by atoms with Crippen LogP contribution in [0.4, 0.5) is 5.69 Å². The van der Waals surface area contributed by atoms with E-state index in [2.05, 4.69) is 9.97 Å². The Labute approximate surface area is 207 Å². The van der Waals surface area contributed by atoms with Gasteiger partial charge in [0.15, 0.2) is 0 Å². The lowest BCUT2D eigenvalue weighted by Crippen LogP contribution is -2.46. The van der Waals surface area contributed by atoms with Crippen molar-refractivity contribution in [3.05, 3.63) is 99.6 Å². The Morgan fingerprint density at radius 3 is 2.71 bits per heavy atom. The average molecular weight is 489 g/mol. The van der Waals surface area contributed by atoms with Crippen LogP contribution in [0.1, 0.15) is 24.4 Å². The number of nitrogens with one attached hydrogen (secondary N) is 1. The molecule has 4 aromatic rings. The molecule has 0 bridgehead atoms. The van der Waals surface area contributed by atoms with Crippen LogP contribution in [0.15, 0.2) is 77.6 Å². The molecule has 1 atom stereocenters. The van der Waals surface area contributed by atoms with Crippen molar-refractivity contribution < 1.29 is 9.53 Å². The smallest absolute Gasteiger partial charge is 0.258 e. The van der Waals surface area contributed by atoms with Gasteiger partial charge in [0.1, 0.15) is 18.2 Å². The molecule has 2 heterocycles. The standard InChI is InChI=1S/C27H25ClN4O3/c1-2-31(15-25-29-21-14-19(28)12-13-20(21)27(34)30-25)16-26(33)32-22-10-6-7-11-24(22)35-17-23(32)18-8-4-3-5-9-18/h3-14,23H,2,15-17H2,1H3,(H,29,30,34). The van der Waals surface area contributed by atoms with Gasteiger partial charge in [-0.05, 0) is 42.4 Å². The normalized spacial score (nSPS) is 15.2. The van der Waals surface area contributed by atoms with Crippen molar-refractivity contribution in [3.8, 4) is 5.75 Å². The van der Waals surface area contributed by atoms with E-state index in [4.69, 9.17) is 16.3 Å². The monoisotopic (exact) mass is 488 g/mol. The molecule has 1 amide bonds. The number of halogens is 1. The first-order valence-corrected chi connectivity index (χ1v) is 11.9. The number of carbonyl (C=O) groups is 1. The topological polar surface area (TPSA) is 78.5 Å². The molecule has 0 aliphatic carbocycles. The lowest BCUT2D eigenvalue weighted by molar-refractivity contribution is -0.120. The summed E-state index contributed by atoms with van der Waals surface area (Å²) < 4.78 is 5.99. The molecule has 1 aliphatic heterocycles. The SMILES string of the molecule is CCN(CC(=O)N1c2ccccc2OCC1c1ccccc1)Cc1nc2cc(Cl)ccc2c(=O)[nH]1. The molecule has 1 unspecified atom stereocenters. The van der Waals surface area contributed by atoms with Crippen molar-refractivity contribution in [2.45, 2.75) is 19.5 Å². The van der Waals surface area contributed by atoms with Crippen LogP contribution < -0.4 is 15.2 Å². The fourth-order valence-corrected chi connectivity index (χ4v) is 4.58. The maximum absolute atomic E-state index is 13.7. The van der Waals surface area contributed by atoms with Crippen LogP contribution in [0, 0.1) is 0 Å². The number of fused-ring (bicyclic) bond motifs is 2. The van der Waals surface area contributed by atoms with E-state index < -0.39 is 0 Å². The molecular weight excluding hydrogens is 464 g/mol. The summed E-state index contributed by atoms with van der Waals surface area (Å²) in [5, 5.41) is 0.995. The fraction of sp³-hybridized carbons (Fsp3) is 0.222. The highest BCUT2D eigenvalue weighted by Gasteiger charge is 2.33. The van der Waals surface area contributed by atoms with Crippen molar-refractivity contribution in [2.75, 3.05) is 24.6 Å². The lowest BCUT2D eigenvalue weighted by atomic mass is 10.0. The Hall–Kier alpha value is -3.68. The van der Waals surface area contributed by atoms with Crippen molar-refractivity contribution in [1.29, 1.82) is 0 Å². The van der Waals surface area contributed by atoms with Gasteiger partial charge in [-0.25, -0.2) is 4.98 Å². The highest BCUT2D eigenvalue weighted by molar-refractivity contribution is 6.31. The molecule has 7 nitrogen and oxygen atoms in total. The van der Waals surface area contributed by atoms with Crippen LogP contribution in [0.25, 0.3) is 10.9 Å². The minimum absolute atomic E-state index is 0.0531. The third-order valence-electron chi connectivity index (χ3n) is 6.18. The Kier molecular flexibility index (Phi) is 6.53.